The third-order valence-corrected chi connectivity index (χ3v) is 12.2. The lowest BCUT2D eigenvalue weighted by Gasteiger charge is -2.49. The Balaban J connectivity index is 1.52. The smallest absolute Gasteiger partial charge is 0.328 e. The van der Waals surface area contributed by atoms with Gasteiger partial charge in [-0.3, -0.25) is 0 Å². The van der Waals surface area contributed by atoms with Gasteiger partial charge in [-0.1, -0.05) is 41.5 Å². The van der Waals surface area contributed by atoms with Crippen LogP contribution in [0.1, 0.15) is 93.9 Å². The molecular formula is C22H39O3P. The molecule has 1 N–H and O–H groups in total. The van der Waals surface area contributed by atoms with Crippen LogP contribution in [0.25, 0.3) is 0 Å². The van der Waals surface area contributed by atoms with E-state index in [1.165, 1.54) is 25.7 Å². The predicted octanol–water partition coefficient (Wildman–Crippen LogP) is 6.45. The van der Waals surface area contributed by atoms with Gasteiger partial charge in [0.05, 0.1) is 11.2 Å². The molecule has 4 saturated carbocycles. The molecule has 0 aromatic rings. The van der Waals surface area contributed by atoms with Gasteiger partial charge in [-0.05, 0) is 75.0 Å². The Kier molecular flexibility index (Phi) is 3.97. The number of fused-ring (bicyclic) bond motifs is 4. The maximum Gasteiger partial charge on any atom is 0.330 e. The van der Waals surface area contributed by atoms with Crippen LogP contribution in [0.5, 0.6) is 0 Å². The van der Waals surface area contributed by atoms with Crippen LogP contribution in [0.3, 0.4) is 0 Å². The van der Waals surface area contributed by atoms with Gasteiger partial charge in [0.1, 0.15) is 0 Å². The fourth-order valence-electron chi connectivity index (χ4n) is 7.83. The zero-order valence-electron chi connectivity index (χ0n) is 18.1. The first-order chi connectivity index (χ1) is 11.7. The van der Waals surface area contributed by atoms with Crippen molar-refractivity contribution in [3.05, 3.63) is 0 Å². The van der Waals surface area contributed by atoms with Crippen LogP contribution in [0.4, 0.5) is 0 Å². The van der Waals surface area contributed by atoms with Gasteiger partial charge in [0.2, 0.25) is 0 Å². The van der Waals surface area contributed by atoms with E-state index in [1.807, 2.05) is 0 Å². The average molecular weight is 383 g/mol. The quantitative estimate of drug-likeness (QED) is 0.568. The molecule has 3 nitrogen and oxygen atoms in total. The van der Waals surface area contributed by atoms with Gasteiger partial charge in [-0.25, -0.2) is 0 Å². The summed E-state index contributed by atoms with van der Waals surface area (Å²) in [4.78, 5) is 10.9. The molecule has 0 saturated heterocycles. The molecular weight excluding hydrogens is 343 g/mol. The Labute approximate surface area is 161 Å². The standard InChI is InChI=1S/C22H39O3P/c1-17(2)15-9-11-19(17,5)21(7,13-15)24-26(23)25-22(8)14-16-10-12-20(22,6)18(16,3)4/h15-16,23H,9-14H2,1-8H3/t15?,16?,19?,20?,21-,22-,26?/m1/s1. The molecule has 4 bridgehead atoms. The van der Waals surface area contributed by atoms with Gasteiger partial charge in [-0.15, -0.1) is 0 Å². The van der Waals surface area contributed by atoms with Crippen molar-refractivity contribution >= 4 is 8.60 Å². The maximum atomic E-state index is 10.9. The highest BCUT2D eigenvalue weighted by molar-refractivity contribution is 7.40. The summed E-state index contributed by atoms with van der Waals surface area (Å²) in [5, 5.41) is 0. The molecule has 4 fully saturated rings. The van der Waals surface area contributed by atoms with Gasteiger partial charge in [-0.2, -0.15) is 0 Å². The second kappa shape index (κ2) is 5.26. The largest absolute Gasteiger partial charge is 0.330 e. The summed E-state index contributed by atoms with van der Waals surface area (Å²) in [6.07, 6.45) is 7.04. The predicted molar refractivity (Wildman–Crippen MR) is 107 cm³/mol. The molecule has 0 heterocycles. The van der Waals surface area contributed by atoms with Crippen LogP contribution in [-0.4, -0.2) is 16.1 Å². The fourth-order valence-corrected chi connectivity index (χ4v) is 9.11. The summed E-state index contributed by atoms with van der Waals surface area (Å²) in [6.45, 7) is 18.7. The second-order valence-electron chi connectivity index (χ2n) is 11.9. The molecule has 4 unspecified atom stereocenters. The van der Waals surface area contributed by atoms with Crippen LogP contribution < -0.4 is 0 Å². The fraction of sp³-hybridized carbons (Fsp3) is 1.00. The maximum absolute atomic E-state index is 10.9. The molecule has 4 rings (SSSR count). The Morgan fingerprint density at radius 1 is 0.692 bits per heavy atom. The molecule has 6 atom stereocenters. The van der Waals surface area contributed by atoms with Crippen LogP contribution in [0.2, 0.25) is 0 Å². The molecule has 4 aliphatic carbocycles. The summed E-state index contributed by atoms with van der Waals surface area (Å²) < 4.78 is 12.8. The summed E-state index contributed by atoms with van der Waals surface area (Å²) in [5.74, 6) is 1.38. The van der Waals surface area contributed by atoms with Crippen LogP contribution in [0.15, 0.2) is 0 Å². The zero-order chi connectivity index (χ0) is 19.4. The molecule has 4 heteroatoms. The minimum atomic E-state index is -1.87. The van der Waals surface area contributed by atoms with Gasteiger partial charge >= 0.3 is 8.60 Å². The molecule has 0 amide bonds. The van der Waals surface area contributed by atoms with Crippen molar-refractivity contribution in [2.45, 2.75) is 105 Å². The number of hydrogen-bond acceptors (Lipinski definition) is 3. The minimum Gasteiger partial charge on any atom is -0.328 e. The van der Waals surface area contributed by atoms with Crippen molar-refractivity contribution in [2.75, 3.05) is 0 Å². The summed E-state index contributed by atoms with van der Waals surface area (Å²) in [7, 11) is -1.87. The van der Waals surface area contributed by atoms with E-state index in [1.54, 1.807) is 0 Å². The Bertz CT molecular complexity index is 567. The van der Waals surface area contributed by atoms with Gasteiger partial charge in [0.25, 0.3) is 0 Å². The number of rotatable bonds is 4. The Hall–Kier alpha value is 0.310. The topological polar surface area (TPSA) is 38.7 Å². The molecule has 0 aromatic heterocycles. The minimum absolute atomic E-state index is 0.107. The van der Waals surface area contributed by atoms with E-state index in [-0.39, 0.29) is 32.9 Å². The summed E-state index contributed by atoms with van der Waals surface area (Å²) >= 11 is 0. The first kappa shape index (κ1) is 19.6. The second-order valence-corrected chi connectivity index (χ2v) is 12.7. The molecule has 0 aromatic carbocycles. The highest BCUT2D eigenvalue weighted by Gasteiger charge is 2.70. The summed E-state index contributed by atoms with van der Waals surface area (Å²) in [5.41, 5.74) is 0.172. The highest BCUT2D eigenvalue weighted by Crippen LogP contribution is 2.75. The van der Waals surface area contributed by atoms with Crippen molar-refractivity contribution < 1.29 is 13.9 Å². The third-order valence-electron chi connectivity index (χ3n) is 11.0. The molecule has 150 valence electrons. The Morgan fingerprint density at radius 2 is 1.04 bits per heavy atom. The van der Waals surface area contributed by atoms with Gasteiger partial charge in [0, 0.05) is 10.8 Å². The monoisotopic (exact) mass is 382 g/mol. The van der Waals surface area contributed by atoms with Crippen LogP contribution in [-0.2, 0) is 9.05 Å². The molecule has 0 aliphatic heterocycles. The van der Waals surface area contributed by atoms with Gasteiger partial charge < -0.3 is 13.9 Å². The molecule has 0 radical (unpaired) electrons. The Morgan fingerprint density at radius 3 is 1.27 bits per heavy atom. The van der Waals surface area contributed by atoms with Crippen molar-refractivity contribution in [1.82, 2.24) is 0 Å². The van der Waals surface area contributed by atoms with E-state index in [9.17, 15) is 4.89 Å². The van der Waals surface area contributed by atoms with Crippen molar-refractivity contribution in [2.24, 2.45) is 33.5 Å². The van der Waals surface area contributed by atoms with E-state index in [4.69, 9.17) is 9.05 Å². The van der Waals surface area contributed by atoms with E-state index in [2.05, 4.69) is 55.4 Å². The van der Waals surface area contributed by atoms with Crippen LogP contribution in [0, 0.1) is 33.5 Å². The van der Waals surface area contributed by atoms with E-state index >= 15 is 0 Å². The molecule has 26 heavy (non-hydrogen) atoms. The first-order valence-electron chi connectivity index (χ1n) is 10.6. The first-order valence-corrected chi connectivity index (χ1v) is 11.7. The number of hydrogen-bond donors (Lipinski definition) is 1. The van der Waals surface area contributed by atoms with E-state index in [0.29, 0.717) is 11.8 Å². The normalized spacial score (nSPS) is 54.8. The zero-order valence-corrected chi connectivity index (χ0v) is 19.0. The van der Waals surface area contributed by atoms with Gasteiger partial charge in [0.15, 0.2) is 0 Å². The molecule has 0 spiro atoms. The average Bonchev–Trinajstić information content (AvgIpc) is 2.96. The van der Waals surface area contributed by atoms with Crippen LogP contribution >= 0.6 is 8.60 Å². The van der Waals surface area contributed by atoms with Crippen molar-refractivity contribution in [3.8, 4) is 0 Å². The van der Waals surface area contributed by atoms with E-state index in [0.717, 1.165) is 12.8 Å². The lowest BCUT2D eigenvalue weighted by atomic mass is 9.65. The summed E-state index contributed by atoms with van der Waals surface area (Å²) in [6, 6.07) is 0. The van der Waals surface area contributed by atoms with E-state index < -0.39 is 8.60 Å². The van der Waals surface area contributed by atoms with Crippen molar-refractivity contribution in [1.29, 1.82) is 0 Å². The molecule has 4 aliphatic rings. The lowest BCUT2D eigenvalue weighted by molar-refractivity contribution is -0.0985. The highest BCUT2D eigenvalue weighted by atomic mass is 31.2. The lowest BCUT2D eigenvalue weighted by Crippen LogP contribution is -2.48. The van der Waals surface area contributed by atoms with Crippen molar-refractivity contribution in [3.63, 3.8) is 0 Å². The SMILES string of the molecule is CC1(C)C2CCC1(C)[C@](C)(OP(O)O[C@]1(C)CC3CCC1(C)C3(C)C)C2. The third kappa shape index (κ3) is 2.05.